The van der Waals surface area contributed by atoms with Gasteiger partial charge < -0.3 is 19.1 Å². The highest BCUT2D eigenvalue weighted by atomic mass is 28.4. The van der Waals surface area contributed by atoms with Crippen LogP contribution in [0.15, 0.2) is 24.3 Å². The molecule has 0 aromatic rings. The van der Waals surface area contributed by atoms with Gasteiger partial charge in [-0.25, -0.2) is 4.79 Å². The summed E-state index contributed by atoms with van der Waals surface area (Å²) in [5, 5.41) is 18.9. The van der Waals surface area contributed by atoms with Crippen molar-refractivity contribution in [2.24, 2.45) is 0 Å². The fourth-order valence-electron chi connectivity index (χ4n) is 2.43. The summed E-state index contributed by atoms with van der Waals surface area (Å²) in [4.78, 5) is 11.1. The number of rotatable bonds is 12. The zero-order valence-corrected chi connectivity index (χ0v) is 23.8. The van der Waals surface area contributed by atoms with Crippen molar-refractivity contribution in [1.82, 2.24) is 0 Å². The molecule has 0 aromatic carbocycles. The smallest absolute Gasteiger partial charge is 0.328 e. The van der Waals surface area contributed by atoms with Crippen LogP contribution in [0.2, 0.25) is 36.3 Å². The molecule has 0 aliphatic heterocycles. The van der Waals surface area contributed by atoms with Crippen LogP contribution in [0.3, 0.4) is 0 Å². The Morgan fingerprint density at radius 1 is 0.871 bits per heavy atom. The van der Waals surface area contributed by atoms with Crippen molar-refractivity contribution in [1.29, 1.82) is 0 Å². The lowest BCUT2D eigenvalue weighted by Crippen LogP contribution is -2.44. The molecule has 0 unspecified atom stereocenters. The summed E-state index contributed by atoms with van der Waals surface area (Å²) in [6.45, 7) is 23.7. The van der Waals surface area contributed by atoms with Gasteiger partial charge in [-0.1, -0.05) is 53.7 Å². The van der Waals surface area contributed by atoms with Crippen molar-refractivity contribution in [2.45, 2.75) is 122 Å². The van der Waals surface area contributed by atoms with E-state index in [-0.39, 0.29) is 22.3 Å². The van der Waals surface area contributed by atoms with Gasteiger partial charge in [-0.15, -0.1) is 0 Å². The number of hydrogen-bond donors (Lipinski definition) is 2. The van der Waals surface area contributed by atoms with Crippen molar-refractivity contribution < 1.29 is 23.9 Å². The highest BCUT2D eigenvalue weighted by molar-refractivity contribution is 6.74. The molecule has 3 atom stereocenters. The lowest BCUT2D eigenvalue weighted by Gasteiger charge is -2.39. The Hall–Kier alpha value is -0.736. The normalized spacial score (nSPS) is 17.3. The molecule has 0 aromatic heterocycles. The molecular formula is C24H48O5Si2. The predicted octanol–water partition coefficient (Wildman–Crippen LogP) is 6.52. The van der Waals surface area contributed by atoms with Crippen LogP contribution in [0.1, 0.15) is 67.7 Å². The van der Waals surface area contributed by atoms with E-state index in [1.807, 2.05) is 12.2 Å². The third-order valence-corrected chi connectivity index (χ3v) is 15.5. The second kappa shape index (κ2) is 11.9. The van der Waals surface area contributed by atoms with Gasteiger partial charge in [0.2, 0.25) is 0 Å². The molecule has 0 amide bonds. The number of aliphatic hydroxyl groups excluding tert-OH is 1. The van der Waals surface area contributed by atoms with Crippen molar-refractivity contribution in [3.63, 3.8) is 0 Å². The maximum atomic E-state index is 11.1. The zero-order chi connectivity index (χ0) is 24.7. The minimum absolute atomic E-state index is 0.0183. The number of carboxylic acid groups (broad SMARTS) is 1. The molecule has 0 aliphatic carbocycles. The van der Waals surface area contributed by atoms with Gasteiger partial charge in [0.25, 0.3) is 0 Å². The van der Waals surface area contributed by atoms with E-state index in [9.17, 15) is 9.90 Å². The van der Waals surface area contributed by atoms with E-state index in [4.69, 9.17) is 14.0 Å². The van der Waals surface area contributed by atoms with Crippen LogP contribution < -0.4 is 0 Å². The molecule has 0 saturated carbocycles. The molecule has 5 nitrogen and oxygen atoms in total. The maximum absolute atomic E-state index is 11.1. The van der Waals surface area contributed by atoms with Gasteiger partial charge in [0, 0.05) is 6.08 Å². The molecule has 0 radical (unpaired) electrons. The van der Waals surface area contributed by atoms with E-state index < -0.39 is 28.7 Å². The molecule has 0 heterocycles. The summed E-state index contributed by atoms with van der Waals surface area (Å²) < 4.78 is 13.1. The molecule has 182 valence electrons. The van der Waals surface area contributed by atoms with Crippen LogP contribution in [-0.2, 0) is 13.6 Å². The Kier molecular flexibility index (Phi) is 11.6. The van der Waals surface area contributed by atoms with Crippen LogP contribution in [0.25, 0.3) is 0 Å². The molecule has 0 bridgehead atoms. The van der Waals surface area contributed by atoms with Crippen LogP contribution >= 0.6 is 0 Å². The van der Waals surface area contributed by atoms with Gasteiger partial charge in [-0.2, -0.15) is 0 Å². The third kappa shape index (κ3) is 11.6. The minimum atomic E-state index is -2.09. The topological polar surface area (TPSA) is 76.0 Å². The lowest BCUT2D eigenvalue weighted by molar-refractivity contribution is -0.131. The summed E-state index contributed by atoms with van der Waals surface area (Å²) in [6.07, 6.45) is 8.30. The Morgan fingerprint density at radius 3 is 1.77 bits per heavy atom. The van der Waals surface area contributed by atoms with Crippen LogP contribution in [-0.4, -0.2) is 51.1 Å². The molecule has 2 N–H and O–H groups in total. The Balaban J connectivity index is 5.73. The molecule has 7 heteroatoms. The molecule has 0 fully saturated rings. The first kappa shape index (κ1) is 30.3. The van der Waals surface area contributed by atoms with Crippen molar-refractivity contribution in [3.05, 3.63) is 24.3 Å². The summed E-state index contributed by atoms with van der Waals surface area (Å²) >= 11 is 0. The second-order valence-electron chi connectivity index (χ2n) is 11.6. The first-order valence-corrected chi connectivity index (χ1v) is 17.2. The number of carboxylic acids is 1. The Bertz CT molecular complexity index is 610. The van der Waals surface area contributed by atoms with E-state index in [0.29, 0.717) is 0 Å². The summed E-state index contributed by atoms with van der Waals surface area (Å²) in [5.74, 6) is -0.983. The van der Waals surface area contributed by atoms with Crippen molar-refractivity contribution in [2.75, 3.05) is 0 Å². The first-order chi connectivity index (χ1) is 13.8. The minimum Gasteiger partial charge on any atom is -0.478 e. The van der Waals surface area contributed by atoms with Crippen LogP contribution in [0, 0.1) is 0 Å². The Labute approximate surface area is 193 Å². The average Bonchev–Trinajstić information content (AvgIpc) is 2.53. The van der Waals surface area contributed by atoms with E-state index in [1.165, 1.54) is 0 Å². The van der Waals surface area contributed by atoms with Gasteiger partial charge in [0.1, 0.15) is 0 Å². The van der Waals surface area contributed by atoms with Gasteiger partial charge >= 0.3 is 5.97 Å². The number of carbonyl (C=O) groups is 1. The first-order valence-electron chi connectivity index (χ1n) is 11.4. The highest BCUT2D eigenvalue weighted by Gasteiger charge is 2.40. The molecule has 0 saturated heterocycles. The van der Waals surface area contributed by atoms with E-state index in [2.05, 4.69) is 67.7 Å². The van der Waals surface area contributed by atoms with Crippen LogP contribution in [0.4, 0.5) is 0 Å². The molecule has 31 heavy (non-hydrogen) atoms. The lowest BCUT2D eigenvalue weighted by atomic mass is 10.1. The summed E-state index contributed by atoms with van der Waals surface area (Å²) in [6, 6.07) is 0. The number of hydrogen-bond acceptors (Lipinski definition) is 4. The molecule has 0 aliphatic rings. The van der Waals surface area contributed by atoms with Gasteiger partial charge in [0.15, 0.2) is 16.6 Å². The van der Waals surface area contributed by atoms with Crippen LogP contribution in [0.5, 0.6) is 0 Å². The van der Waals surface area contributed by atoms with Gasteiger partial charge in [-0.05, 0) is 68.5 Å². The molecular weight excluding hydrogens is 424 g/mol. The van der Waals surface area contributed by atoms with E-state index >= 15 is 0 Å². The monoisotopic (exact) mass is 472 g/mol. The fourth-order valence-corrected chi connectivity index (χ4v) is 4.93. The Morgan fingerprint density at radius 2 is 1.35 bits per heavy atom. The molecule has 0 rings (SSSR count). The average molecular weight is 473 g/mol. The fraction of sp³-hybridized carbons (Fsp3) is 0.792. The maximum Gasteiger partial charge on any atom is 0.328 e. The SMILES string of the molecule is C[C@H](O)CCC[C@H](/C=C\[C@@H](/C=C/C(=O)O)O[Si](C)(C)C(C)(C)C)O[Si](C)(C)C(C)(C)C. The van der Waals surface area contributed by atoms with Gasteiger partial charge in [-0.3, -0.25) is 0 Å². The quantitative estimate of drug-likeness (QED) is 0.192. The second-order valence-corrected chi connectivity index (χ2v) is 21.1. The third-order valence-electron chi connectivity index (χ3n) is 6.54. The van der Waals surface area contributed by atoms with Gasteiger partial charge in [0.05, 0.1) is 18.3 Å². The largest absolute Gasteiger partial charge is 0.478 e. The van der Waals surface area contributed by atoms with Crippen molar-refractivity contribution >= 4 is 22.6 Å². The number of aliphatic hydroxyl groups is 1. The number of aliphatic carboxylic acids is 1. The van der Waals surface area contributed by atoms with E-state index in [0.717, 1.165) is 25.3 Å². The summed E-state index contributed by atoms with van der Waals surface area (Å²) in [5.41, 5.74) is 0. The highest BCUT2D eigenvalue weighted by Crippen LogP contribution is 2.39. The standard InChI is InChI=1S/C24H48O5Si2/c1-19(25)13-12-14-20(28-30(8,9)23(2,3)4)15-16-21(17-18-22(26)27)29-31(10,11)24(5,6)7/h15-21,25H,12-14H2,1-11H3,(H,26,27)/b16-15-,18-17+/t19-,20+,21-/m0/s1. The van der Waals surface area contributed by atoms with Crippen molar-refractivity contribution in [3.8, 4) is 0 Å². The summed E-state index contributed by atoms with van der Waals surface area (Å²) in [7, 11) is -4.08. The predicted molar refractivity (Wildman–Crippen MR) is 136 cm³/mol. The zero-order valence-electron chi connectivity index (χ0n) is 21.8. The molecule has 0 spiro atoms. The van der Waals surface area contributed by atoms with E-state index in [1.54, 1.807) is 13.0 Å².